The monoisotopic (exact) mass is 232 g/mol. The molecule has 0 rings (SSSR count). The maximum atomic E-state index is 11.3. The Morgan fingerprint density at radius 1 is 1.41 bits per heavy atom. The van der Waals surface area contributed by atoms with Crippen LogP contribution in [0.2, 0.25) is 0 Å². The highest BCUT2D eigenvalue weighted by Gasteiger charge is 1.93. The average Bonchev–Trinajstić information content (AvgIpc) is 2.25. The summed E-state index contributed by atoms with van der Waals surface area (Å²) >= 11 is 0. The van der Waals surface area contributed by atoms with Crippen molar-refractivity contribution in [1.82, 2.24) is 0 Å². The number of rotatable bonds is 8. The van der Waals surface area contributed by atoms with Crippen LogP contribution in [-0.2, 0) is 4.79 Å². The molecule has 0 atom stereocenters. The summed E-state index contributed by atoms with van der Waals surface area (Å²) < 4.78 is 0. The van der Waals surface area contributed by atoms with Crippen LogP contribution in [0.15, 0.2) is 42.2 Å². The summed E-state index contributed by atoms with van der Waals surface area (Å²) in [5, 5.41) is 0. The minimum Gasteiger partial charge on any atom is -0.295 e. The van der Waals surface area contributed by atoms with Crippen molar-refractivity contribution in [3.8, 4) is 0 Å². The molecule has 0 aromatic heterocycles. The lowest BCUT2D eigenvalue weighted by Crippen LogP contribution is -1.90. The molecule has 0 unspecified atom stereocenters. The zero-order chi connectivity index (χ0) is 13.1. The van der Waals surface area contributed by atoms with Gasteiger partial charge in [-0.05, 0) is 49.8 Å². The molecule has 0 heterocycles. The van der Waals surface area contributed by atoms with Crippen LogP contribution < -0.4 is 0 Å². The Morgan fingerprint density at radius 3 is 2.71 bits per heavy atom. The molecule has 0 saturated heterocycles. The van der Waals surface area contributed by atoms with Gasteiger partial charge in [0.15, 0.2) is 5.78 Å². The Morgan fingerprint density at radius 2 is 2.12 bits per heavy atom. The van der Waals surface area contributed by atoms with Crippen LogP contribution in [-0.4, -0.2) is 5.78 Å². The third-order valence-electron chi connectivity index (χ3n) is 2.26. The van der Waals surface area contributed by atoms with Gasteiger partial charge in [0, 0.05) is 6.42 Å². The van der Waals surface area contributed by atoms with Gasteiger partial charge in [-0.3, -0.25) is 4.79 Å². The van der Waals surface area contributed by atoms with Crippen molar-refractivity contribution >= 4 is 5.78 Å². The second kappa shape index (κ2) is 9.86. The number of carbonyl (C=O) groups excluding carboxylic acids is 1. The quantitative estimate of drug-likeness (QED) is 0.339. The van der Waals surface area contributed by atoms with Crippen molar-refractivity contribution < 1.29 is 4.79 Å². The summed E-state index contributed by atoms with van der Waals surface area (Å²) in [6, 6.07) is 0. The molecule has 0 radical (unpaired) electrons. The van der Waals surface area contributed by atoms with E-state index in [2.05, 4.69) is 32.2 Å². The summed E-state index contributed by atoms with van der Waals surface area (Å²) in [5.41, 5.74) is 4.41. The van der Waals surface area contributed by atoms with Crippen molar-refractivity contribution in [1.29, 1.82) is 0 Å². The van der Waals surface area contributed by atoms with E-state index >= 15 is 0 Å². The molecular weight excluding hydrogens is 208 g/mol. The minimum atomic E-state index is 0.170. The summed E-state index contributed by atoms with van der Waals surface area (Å²) in [6.07, 6.45) is 10.6. The maximum Gasteiger partial charge on any atom is 0.155 e. The first kappa shape index (κ1) is 15.7. The number of hydrogen-bond acceptors (Lipinski definition) is 1. The molecule has 1 heteroatoms. The van der Waals surface area contributed by atoms with Gasteiger partial charge in [0.1, 0.15) is 0 Å². The first-order valence-electron chi connectivity index (χ1n) is 6.27. The second-order valence-corrected chi connectivity index (χ2v) is 4.66. The molecule has 0 fully saturated rings. The van der Waals surface area contributed by atoms with Crippen LogP contribution in [0.4, 0.5) is 0 Å². The Kier molecular flexibility index (Phi) is 9.09. The highest BCUT2D eigenvalue weighted by Crippen LogP contribution is 2.03. The lowest BCUT2D eigenvalue weighted by molar-refractivity contribution is -0.114. The molecule has 1 nitrogen and oxygen atoms in total. The molecule has 0 aromatic carbocycles. The number of hydrogen-bond donors (Lipinski definition) is 0. The fourth-order valence-electron chi connectivity index (χ4n) is 1.22. The van der Waals surface area contributed by atoms with E-state index in [9.17, 15) is 4.79 Å². The van der Waals surface area contributed by atoms with Crippen molar-refractivity contribution in [2.24, 2.45) is 5.92 Å². The van der Waals surface area contributed by atoms with Crippen LogP contribution in [0.3, 0.4) is 0 Å². The highest BCUT2D eigenvalue weighted by molar-refractivity contribution is 5.89. The predicted molar refractivity (Wildman–Crippen MR) is 74.9 cm³/mol. The highest BCUT2D eigenvalue weighted by atomic mass is 16.1. The molecule has 17 heavy (non-hydrogen) atoms. The lowest BCUT2D eigenvalue weighted by Gasteiger charge is -1.95. The Bertz CT molecular complexity index is 325. The summed E-state index contributed by atoms with van der Waals surface area (Å²) in [5.74, 6) is 0.843. The Balaban J connectivity index is 4.01. The molecule has 0 N–H and O–H groups in total. The van der Waals surface area contributed by atoms with E-state index < -0.39 is 0 Å². The fourth-order valence-corrected chi connectivity index (χ4v) is 1.22. The van der Waals surface area contributed by atoms with E-state index in [1.54, 1.807) is 12.2 Å². The van der Waals surface area contributed by atoms with E-state index in [-0.39, 0.29) is 5.78 Å². The Hall–Kier alpha value is -1.33. The largest absolute Gasteiger partial charge is 0.295 e. The normalized spacial score (nSPS) is 10.4. The van der Waals surface area contributed by atoms with E-state index in [1.807, 2.05) is 13.0 Å². The van der Waals surface area contributed by atoms with Crippen LogP contribution in [0.5, 0.6) is 0 Å². The SMILES string of the molecule is C=CCCC(=O)C=CCC(C)=C=CCC(C)C. The third-order valence-corrected chi connectivity index (χ3v) is 2.26. The molecule has 0 saturated carbocycles. The number of ketones is 1. The van der Waals surface area contributed by atoms with Crippen LogP contribution in [0.25, 0.3) is 0 Å². The molecule has 0 bridgehead atoms. The van der Waals surface area contributed by atoms with E-state index in [0.717, 1.165) is 19.3 Å². The predicted octanol–water partition coefficient (Wildman–Crippen LogP) is 4.62. The van der Waals surface area contributed by atoms with E-state index in [0.29, 0.717) is 12.3 Å². The first-order valence-corrected chi connectivity index (χ1v) is 6.27. The molecule has 0 spiro atoms. The maximum absolute atomic E-state index is 11.3. The van der Waals surface area contributed by atoms with Gasteiger partial charge < -0.3 is 0 Å². The zero-order valence-electron chi connectivity index (χ0n) is 11.3. The van der Waals surface area contributed by atoms with Gasteiger partial charge in [0.05, 0.1) is 0 Å². The third kappa shape index (κ3) is 10.9. The molecule has 0 aromatic rings. The standard InChI is InChI=1S/C16H24O/c1-5-6-12-16(17)13-8-11-15(4)10-7-9-14(2)3/h5,7-8,13-14H,1,6,9,11-12H2,2-4H3. The minimum absolute atomic E-state index is 0.170. The topological polar surface area (TPSA) is 17.1 Å². The van der Waals surface area contributed by atoms with Gasteiger partial charge >= 0.3 is 0 Å². The molecule has 94 valence electrons. The average molecular weight is 232 g/mol. The summed E-state index contributed by atoms with van der Waals surface area (Å²) in [6.45, 7) is 10.0. The number of allylic oxidation sites excluding steroid dienone is 4. The van der Waals surface area contributed by atoms with Gasteiger partial charge in [-0.15, -0.1) is 12.3 Å². The van der Waals surface area contributed by atoms with Gasteiger partial charge in [-0.25, -0.2) is 0 Å². The van der Waals surface area contributed by atoms with Crippen LogP contribution >= 0.6 is 0 Å². The smallest absolute Gasteiger partial charge is 0.155 e. The molecule has 0 aliphatic heterocycles. The summed E-state index contributed by atoms with van der Waals surface area (Å²) in [4.78, 5) is 11.3. The van der Waals surface area contributed by atoms with E-state index in [4.69, 9.17) is 0 Å². The molecule has 0 aliphatic rings. The van der Waals surface area contributed by atoms with Gasteiger partial charge in [-0.1, -0.05) is 26.0 Å². The zero-order valence-corrected chi connectivity index (χ0v) is 11.3. The lowest BCUT2D eigenvalue weighted by atomic mass is 10.1. The molecule has 0 aliphatic carbocycles. The number of carbonyl (C=O) groups is 1. The first-order chi connectivity index (χ1) is 8.06. The van der Waals surface area contributed by atoms with Crippen LogP contribution in [0.1, 0.15) is 46.5 Å². The molecule has 0 amide bonds. The molecular formula is C16H24O. The fraction of sp³-hybridized carbons (Fsp3) is 0.500. The van der Waals surface area contributed by atoms with Gasteiger partial charge in [0.2, 0.25) is 0 Å². The van der Waals surface area contributed by atoms with Crippen molar-refractivity contribution in [3.63, 3.8) is 0 Å². The van der Waals surface area contributed by atoms with Crippen LogP contribution in [0, 0.1) is 5.92 Å². The van der Waals surface area contributed by atoms with Gasteiger partial charge in [-0.2, -0.15) is 0 Å². The summed E-state index contributed by atoms with van der Waals surface area (Å²) in [7, 11) is 0. The Labute approximate surface area is 106 Å². The van der Waals surface area contributed by atoms with Gasteiger partial charge in [0.25, 0.3) is 0 Å². The van der Waals surface area contributed by atoms with E-state index in [1.165, 1.54) is 5.57 Å². The van der Waals surface area contributed by atoms with Crippen molar-refractivity contribution in [3.05, 3.63) is 42.2 Å². The second-order valence-electron chi connectivity index (χ2n) is 4.66. The van der Waals surface area contributed by atoms with Crippen molar-refractivity contribution in [2.45, 2.75) is 46.5 Å². The van der Waals surface area contributed by atoms with Crippen molar-refractivity contribution in [2.75, 3.05) is 0 Å².